The molecule has 54 valence electrons. The van der Waals surface area contributed by atoms with E-state index in [1.54, 1.807) is 17.8 Å². The summed E-state index contributed by atoms with van der Waals surface area (Å²) in [5, 5.41) is 8.12. The molecule has 3 heteroatoms. The summed E-state index contributed by atoms with van der Waals surface area (Å²) in [6.07, 6.45) is 0. The quantitative estimate of drug-likeness (QED) is 0.606. The van der Waals surface area contributed by atoms with Crippen molar-refractivity contribution in [2.24, 2.45) is 0 Å². The third-order valence-corrected chi connectivity index (χ3v) is 1.18. The smallest absolute Gasteiger partial charge is 0.150 e. The van der Waals surface area contributed by atoms with Crippen LogP contribution in [0.4, 0.5) is 0 Å². The van der Waals surface area contributed by atoms with Gasteiger partial charge in [0.05, 0.1) is 0 Å². The van der Waals surface area contributed by atoms with Gasteiger partial charge in [-0.25, -0.2) is 0 Å². The van der Waals surface area contributed by atoms with Crippen LogP contribution in [0.2, 0.25) is 0 Å². The third kappa shape index (κ3) is 1.72. The zero-order valence-corrected chi connectivity index (χ0v) is 5.66. The highest BCUT2D eigenvalue weighted by molar-refractivity contribution is 5.25. The second kappa shape index (κ2) is 3.20. The van der Waals surface area contributed by atoms with E-state index in [-0.39, 0.29) is 0 Å². The molecule has 0 saturated carbocycles. The molecule has 0 spiro atoms. The van der Waals surface area contributed by atoms with Crippen LogP contribution in [-0.4, -0.2) is 5.21 Å². The van der Waals surface area contributed by atoms with Crippen LogP contribution in [-0.2, 0) is 0 Å². The van der Waals surface area contributed by atoms with Gasteiger partial charge in [0.1, 0.15) is 5.75 Å². The SMILES string of the molecule is Cc1ccc(ONO)cc1. The Morgan fingerprint density at radius 2 is 1.90 bits per heavy atom. The topological polar surface area (TPSA) is 41.5 Å². The number of benzene rings is 1. The van der Waals surface area contributed by atoms with E-state index >= 15 is 0 Å². The van der Waals surface area contributed by atoms with E-state index in [1.807, 2.05) is 19.1 Å². The molecule has 0 aromatic heterocycles. The summed E-state index contributed by atoms with van der Waals surface area (Å²) in [6, 6.07) is 7.32. The summed E-state index contributed by atoms with van der Waals surface area (Å²) < 4.78 is 0. The van der Waals surface area contributed by atoms with Gasteiger partial charge in [-0.1, -0.05) is 17.7 Å². The Morgan fingerprint density at radius 3 is 2.40 bits per heavy atom. The van der Waals surface area contributed by atoms with Crippen LogP contribution in [0.3, 0.4) is 0 Å². The van der Waals surface area contributed by atoms with Crippen LogP contribution in [0.5, 0.6) is 5.75 Å². The number of hydrogen-bond acceptors (Lipinski definition) is 3. The maximum absolute atomic E-state index is 8.12. The molecule has 3 nitrogen and oxygen atoms in total. The summed E-state index contributed by atoms with van der Waals surface area (Å²) in [6.45, 7) is 1.98. The first-order valence-corrected chi connectivity index (χ1v) is 2.95. The Bertz CT molecular complexity index is 195. The predicted octanol–water partition coefficient (Wildman–Crippen LogP) is 1.27. The van der Waals surface area contributed by atoms with Crippen LogP contribution in [0.1, 0.15) is 5.56 Å². The monoisotopic (exact) mass is 139 g/mol. The number of rotatable bonds is 2. The van der Waals surface area contributed by atoms with E-state index in [0.717, 1.165) is 5.56 Å². The molecule has 0 atom stereocenters. The zero-order chi connectivity index (χ0) is 7.40. The van der Waals surface area contributed by atoms with E-state index < -0.39 is 0 Å². The van der Waals surface area contributed by atoms with Gasteiger partial charge in [-0.3, -0.25) is 5.21 Å². The summed E-state index contributed by atoms with van der Waals surface area (Å²) in [4.78, 5) is 4.57. The molecule has 1 aromatic carbocycles. The van der Waals surface area contributed by atoms with E-state index in [9.17, 15) is 0 Å². The fourth-order valence-electron chi connectivity index (χ4n) is 0.659. The molecule has 1 aromatic rings. The normalized spacial score (nSPS) is 9.40. The van der Waals surface area contributed by atoms with Crippen LogP contribution in [0, 0.1) is 6.92 Å². The second-order valence-electron chi connectivity index (χ2n) is 2.01. The van der Waals surface area contributed by atoms with Gasteiger partial charge in [-0.2, -0.15) is 0 Å². The Kier molecular flexibility index (Phi) is 2.25. The first kappa shape index (κ1) is 7.05. The Morgan fingerprint density at radius 1 is 1.30 bits per heavy atom. The minimum absolute atomic E-state index is 0.591. The maximum atomic E-state index is 8.12. The summed E-state index contributed by atoms with van der Waals surface area (Å²) in [5.41, 5.74) is 2.76. The zero-order valence-electron chi connectivity index (χ0n) is 5.66. The molecule has 0 aliphatic carbocycles. The minimum atomic E-state index is 0.591. The van der Waals surface area contributed by atoms with Crippen molar-refractivity contribution in [1.29, 1.82) is 0 Å². The van der Waals surface area contributed by atoms with Gasteiger partial charge in [0, 0.05) is 0 Å². The van der Waals surface area contributed by atoms with Crippen LogP contribution < -0.4 is 10.5 Å². The minimum Gasteiger partial charge on any atom is -0.384 e. The average Bonchev–Trinajstić information content (AvgIpc) is 1.95. The molecule has 0 fully saturated rings. The Labute approximate surface area is 59.2 Å². The Balaban J connectivity index is 2.69. The van der Waals surface area contributed by atoms with E-state index in [4.69, 9.17) is 5.21 Å². The van der Waals surface area contributed by atoms with E-state index in [0.29, 0.717) is 5.75 Å². The largest absolute Gasteiger partial charge is 0.384 e. The number of aryl methyl sites for hydroxylation is 1. The first-order chi connectivity index (χ1) is 4.83. The Hall–Kier alpha value is -1.06. The van der Waals surface area contributed by atoms with E-state index in [1.165, 1.54) is 0 Å². The van der Waals surface area contributed by atoms with Crippen molar-refractivity contribution in [2.75, 3.05) is 0 Å². The van der Waals surface area contributed by atoms with Crippen LogP contribution in [0.25, 0.3) is 0 Å². The highest BCUT2D eigenvalue weighted by atomic mass is 16.8. The molecular weight excluding hydrogens is 130 g/mol. The standard InChI is InChI=1S/C7H9NO2/c1-6-2-4-7(5-3-6)10-8-9/h2-5,8-9H,1H3. The molecule has 1 rings (SSSR count). The molecular formula is C7H9NO2. The second-order valence-corrected chi connectivity index (χ2v) is 2.01. The van der Waals surface area contributed by atoms with Gasteiger partial charge in [0.15, 0.2) is 0 Å². The molecule has 0 aliphatic rings. The summed E-state index contributed by atoms with van der Waals surface area (Å²) in [5.74, 6) is 0.591. The lowest BCUT2D eigenvalue weighted by atomic mass is 10.2. The molecule has 0 aliphatic heterocycles. The molecule has 10 heavy (non-hydrogen) atoms. The first-order valence-electron chi connectivity index (χ1n) is 2.95. The van der Waals surface area contributed by atoms with Gasteiger partial charge >= 0.3 is 0 Å². The van der Waals surface area contributed by atoms with E-state index in [2.05, 4.69) is 4.84 Å². The van der Waals surface area contributed by atoms with Crippen molar-refractivity contribution in [1.82, 2.24) is 5.64 Å². The predicted molar refractivity (Wildman–Crippen MR) is 36.7 cm³/mol. The number of nitrogens with one attached hydrogen (secondary N) is 1. The van der Waals surface area contributed by atoms with Crippen LogP contribution in [0.15, 0.2) is 24.3 Å². The fraction of sp³-hybridized carbons (Fsp3) is 0.143. The lowest BCUT2D eigenvalue weighted by Crippen LogP contribution is -2.11. The van der Waals surface area contributed by atoms with Gasteiger partial charge in [-0.05, 0) is 24.7 Å². The van der Waals surface area contributed by atoms with Gasteiger partial charge in [0.25, 0.3) is 0 Å². The highest BCUT2D eigenvalue weighted by Crippen LogP contribution is 2.09. The van der Waals surface area contributed by atoms with Crippen LogP contribution >= 0.6 is 0 Å². The van der Waals surface area contributed by atoms with Gasteiger partial charge in [0.2, 0.25) is 0 Å². The summed E-state index contributed by atoms with van der Waals surface area (Å²) in [7, 11) is 0. The summed E-state index contributed by atoms with van der Waals surface area (Å²) >= 11 is 0. The maximum Gasteiger partial charge on any atom is 0.150 e. The average molecular weight is 139 g/mol. The lowest BCUT2D eigenvalue weighted by Gasteiger charge is -1.99. The van der Waals surface area contributed by atoms with Crippen molar-refractivity contribution in [3.63, 3.8) is 0 Å². The number of hydrogen-bond donors (Lipinski definition) is 2. The molecule has 0 unspecified atom stereocenters. The molecule has 0 amide bonds. The molecule has 0 saturated heterocycles. The van der Waals surface area contributed by atoms with Crippen molar-refractivity contribution in [3.05, 3.63) is 29.8 Å². The molecule has 0 radical (unpaired) electrons. The fourth-order valence-corrected chi connectivity index (χ4v) is 0.659. The highest BCUT2D eigenvalue weighted by Gasteiger charge is 1.88. The third-order valence-electron chi connectivity index (χ3n) is 1.18. The van der Waals surface area contributed by atoms with Crippen molar-refractivity contribution in [2.45, 2.75) is 6.92 Å². The molecule has 2 N–H and O–H groups in total. The van der Waals surface area contributed by atoms with Gasteiger partial charge in [-0.15, -0.1) is 0 Å². The van der Waals surface area contributed by atoms with Crippen molar-refractivity contribution in [3.8, 4) is 5.75 Å². The molecule has 0 heterocycles. The lowest BCUT2D eigenvalue weighted by molar-refractivity contribution is -0.0435. The van der Waals surface area contributed by atoms with Crippen molar-refractivity contribution >= 4 is 0 Å². The van der Waals surface area contributed by atoms with Crippen molar-refractivity contribution < 1.29 is 10.0 Å². The van der Waals surface area contributed by atoms with Gasteiger partial charge < -0.3 is 4.84 Å². The molecule has 0 bridgehead atoms.